The van der Waals surface area contributed by atoms with Gasteiger partial charge in [0, 0.05) is 0 Å². The van der Waals surface area contributed by atoms with Crippen LogP contribution < -0.4 is 5.32 Å². The number of nitrogens with one attached hydrogen (secondary N) is 1. The number of benzene rings is 1. The number of ether oxygens (including phenoxy) is 1. The molecular formula is C15H11ClF3NO4. The van der Waals surface area contributed by atoms with Gasteiger partial charge in [-0.05, 0) is 18.2 Å². The SMILES string of the molecule is O=C(Nc1cc(C(F)(F)F)ccc1Cl)[C@@H]1[C@@H](C(=O)O)[C@H]2C=C[C@@H]1O2. The van der Waals surface area contributed by atoms with Crippen molar-refractivity contribution < 1.29 is 32.6 Å². The number of carboxylic acid groups (broad SMARTS) is 1. The lowest BCUT2D eigenvalue weighted by Gasteiger charge is -2.21. The summed E-state index contributed by atoms with van der Waals surface area (Å²) in [5.41, 5.74) is -1.20. The molecule has 1 saturated heterocycles. The molecule has 128 valence electrons. The standard InChI is InChI=1S/C15H11ClF3NO4/c16-7-2-1-6(15(17,18)19)5-8(7)20-13(21)11-9-3-4-10(24-9)12(11)14(22)23/h1-5,9-12H,(H,20,21)(H,22,23)/t9-,10+,11-,12-/m0/s1. The summed E-state index contributed by atoms with van der Waals surface area (Å²) in [6, 6.07) is 2.52. The Hall–Kier alpha value is -2.06. The highest BCUT2D eigenvalue weighted by atomic mass is 35.5. The average Bonchev–Trinajstić information content (AvgIpc) is 3.08. The molecule has 0 spiro atoms. The zero-order chi connectivity index (χ0) is 17.6. The van der Waals surface area contributed by atoms with Crippen LogP contribution in [0.2, 0.25) is 5.02 Å². The third kappa shape index (κ3) is 2.87. The second-order valence-electron chi connectivity index (χ2n) is 5.52. The van der Waals surface area contributed by atoms with Crippen molar-refractivity contribution in [1.82, 2.24) is 0 Å². The summed E-state index contributed by atoms with van der Waals surface area (Å²) in [6.45, 7) is 0. The van der Waals surface area contributed by atoms with Crippen molar-refractivity contribution >= 4 is 29.2 Å². The molecule has 0 saturated carbocycles. The molecule has 4 atom stereocenters. The van der Waals surface area contributed by atoms with Gasteiger partial charge in [0.25, 0.3) is 0 Å². The summed E-state index contributed by atoms with van der Waals surface area (Å²) in [5.74, 6) is -4.09. The van der Waals surface area contributed by atoms with E-state index >= 15 is 0 Å². The van der Waals surface area contributed by atoms with Gasteiger partial charge in [0.1, 0.15) is 5.92 Å². The Morgan fingerprint density at radius 2 is 1.79 bits per heavy atom. The van der Waals surface area contributed by atoms with E-state index in [2.05, 4.69) is 5.32 Å². The minimum atomic E-state index is -4.59. The van der Waals surface area contributed by atoms with Crippen LogP contribution in [0.3, 0.4) is 0 Å². The van der Waals surface area contributed by atoms with Gasteiger partial charge in [0.2, 0.25) is 5.91 Å². The lowest BCUT2D eigenvalue weighted by molar-refractivity contribution is -0.145. The molecule has 9 heteroatoms. The molecule has 2 bridgehead atoms. The number of hydrogen-bond acceptors (Lipinski definition) is 3. The van der Waals surface area contributed by atoms with Crippen molar-refractivity contribution in [3.63, 3.8) is 0 Å². The van der Waals surface area contributed by atoms with Crippen LogP contribution in [-0.4, -0.2) is 29.2 Å². The molecule has 2 aliphatic rings. The quantitative estimate of drug-likeness (QED) is 0.812. The molecule has 1 aromatic carbocycles. The summed E-state index contributed by atoms with van der Waals surface area (Å²) in [5, 5.41) is 11.5. The van der Waals surface area contributed by atoms with Gasteiger partial charge in [0.15, 0.2) is 0 Å². The predicted molar refractivity (Wildman–Crippen MR) is 77.5 cm³/mol. The number of anilines is 1. The number of hydrogen-bond donors (Lipinski definition) is 2. The summed E-state index contributed by atoms with van der Waals surface area (Å²) in [6.07, 6.45) is -2.90. The molecule has 0 unspecified atom stereocenters. The monoisotopic (exact) mass is 361 g/mol. The first-order valence-corrected chi connectivity index (χ1v) is 7.30. The number of alkyl halides is 3. The average molecular weight is 362 g/mol. The molecule has 1 fully saturated rings. The van der Waals surface area contributed by atoms with Crippen LogP contribution in [0.15, 0.2) is 30.4 Å². The number of fused-ring (bicyclic) bond motifs is 2. The van der Waals surface area contributed by atoms with E-state index in [4.69, 9.17) is 16.3 Å². The van der Waals surface area contributed by atoms with E-state index in [0.29, 0.717) is 6.07 Å². The molecule has 1 amide bonds. The van der Waals surface area contributed by atoms with E-state index in [1.807, 2.05) is 0 Å². The Morgan fingerprint density at radius 3 is 2.38 bits per heavy atom. The van der Waals surface area contributed by atoms with Gasteiger partial charge in [-0.3, -0.25) is 9.59 Å². The van der Waals surface area contributed by atoms with Crippen LogP contribution in [-0.2, 0) is 20.5 Å². The Bertz CT molecular complexity index is 734. The van der Waals surface area contributed by atoms with Gasteiger partial charge in [-0.15, -0.1) is 0 Å². The fraction of sp³-hybridized carbons (Fsp3) is 0.333. The van der Waals surface area contributed by atoms with Crippen LogP contribution in [0.1, 0.15) is 5.56 Å². The largest absolute Gasteiger partial charge is 0.481 e. The van der Waals surface area contributed by atoms with Crippen molar-refractivity contribution in [2.75, 3.05) is 5.32 Å². The minimum absolute atomic E-state index is 0.0807. The van der Waals surface area contributed by atoms with Gasteiger partial charge in [-0.2, -0.15) is 13.2 Å². The van der Waals surface area contributed by atoms with Crippen molar-refractivity contribution in [3.05, 3.63) is 40.9 Å². The molecule has 0 aliphatic carbocycles. The highest BCUT2D eigenvalue weighted by molar-refractivity contribution is 6.33. The fourth-order valence-corrected chi connectivity index (χ4v) is 3.09. The highest BCUT2D eigenvalue weighted by Gasteiger charge is 2.53. The highest BCUT2D eigenvalue weighted by Crippen LogP contribution is 2.40. The molecule has 5 nitrogen and oxygen atoms in total. The summed E-state index contributed by atoms with van der Waals surface area (Å²) in [4.78, 5) is 23.7. The van der Waals surface area contributed by atoms with Crippen molar-refractivity contribution in [2.45, 2.75) is 18.4 Å². The number of carboxylic acids is 1. The van der Waals surface area contributed by atoms with E-state index in [0.717, 1.165) is 12.1 Å². The molecule has 0 radical (unpaired) electrons. The molecular weight excluding hydrogens is 351 g/mol. The normalized spacial score (nSPS) is 28.2. The van der Waals surface area contributed by atoms with E-state index in [1.54, 1.807) is 12.2 Å². The number of rotatable bonds is 3. The third-order valence-corrected chi connectivity index (χ3v) is 4.37. The Kier molecular flexibility index (Phi) is 4.05. The first-order valence-electron chi connectivity index (χ1n) is 6.92. The molecule has 0 aromatic heterocycles. The first-order chi connectivity index (χ1) is 11.2. The molecule has 24 heavy (non-hydrogen) atoms. The van der Waals surface area contributed by atoms with Crippen LogP contribution in [0, 0.1) is 11.8 Å². The molecule has 2 N–H and O–H groups in total. The van der Waals surface area contributed by atoms with Gasteiger partial charge in [-0.1, -0.05) is 23.8 Å². The second-order valence-corrected chi connectivity index (χ2v) is 5.93. The van der Waals surface area contributed by atoms with Gasteiger partial charge in [0.05, 0.1) is 34.4 Å². The van der Waals surface area contributed by atoms with Crippen molar-refractivity contribution in [2.24, 2.45) is 11.8 Å². The topological polar surface area (TPSA) is 75.6 Å². The van der Waals surface area contributed by atoms with Crippen LogP contribution in [0.4, 0.5) is 18.9 Å². The summed E-state index contributed by atoms with van der Waals surface area (Å²) in [7, 11) is 0. The van der Waals surface area contributed by atoms with Gasteiger partial charge < -0.3 is 15.2 Å². The number of carbonyl (C=O) groups excluding carboxylic acids is 1. The van der Waals surface area contributed by atoms with Crippen molar-refractivity contribution in [1.29, 1.82) is 0 Å². The van der Waals surface area contributed by atoms with E-state index in [1.165, 1.54) is 0 Å². The molecule has 3 rings (SSSR count). The maximum atomic E-state index is 12.8. The third-order valence-electron chi connectivity index (χ3n) is 4.04. The smallest absolute Gasteiger partial charge is 0.416 e. The van der Waals surface area contributed by atoms with Crippen LogP contribution >= 0.6 is 11.6 Å². The number of halogens is 4. The Labute approximate surface area is 139 Å². The molecule has 1 aromatic rings. The fourth-order valence-electron chi connectivity index (χ4n) is 2.93. The van der Waals surface area contributed by atoms with E-state index in [-0.39, 0.29) is 10.7 Å². The van der Waals surface area contributed by atoms with Gasteiger partial charge >= 0.3 is 12.1 Å². The first kappa shape index (κ1) is 16.8. The summed E-state index contributed by atoms with van der Waals surface area (Å²) < 4.78 is 43.7. The minimum Gasteiger partial charge on any atom is -0.481 e. The van der Waals surface area contributed by atoms with Gasteiger partial charge in [-0.25, -0.2) is 0 Å². The maximum absolute atomic E-state index is 12.8. The predicted octanol–water partition coefficient (Wildman–Crippen LogP) is 2.95. The van der Waals surface area contributed by atoms with Crippen LogP contribution in [0.5, 0.6) is 0 Å². The van der Waals surface area contributed by atoms with Crippen LogP contribution in [0.25, 0.3) is 0 Å². The lowest BCUT2D eigenvalue weighted by Crippen LogP contribution is -2.39. The lowest BCUT2D eigenvalue weighted by atomic mass is 9.82. The zero-order valence-electron chi connectivity index (χ0n) is 11.9. The van der Waals surface area contributed by atoms with Crippen molar-refractivity contribution in [3.8, 4) is 0 Å². The molecule has 2 heterocycles. The Balaban J connectivity index is 1.85. The number of amides is 1. The van der Waals surface area contributed by atoms with E-state index < -0.39 is 47.7 Å². The maximum Gasteiger partial charge on any atom is 0.416 e. The zero-order valence-corrected chi connectivity index (χ0v) is 12.6. The molecule has 2 aliphatic heterocycles. The Morgan fingerprint density at radius 1 is 1.17 bits per heavy atom. The number of carbonyl (C=O) groups is 2. The summed E-state index contributed by atoms with van der Waals surface area (Å²) >= 11 is 5.83. The number of aliphatic carboxylic acids is 1. The van der Waals surface area contributed by atoms with E-state index in [9.17, 15) is 27.9 Å². The second kappa shape index (κ2) is 5.78.